The van der Waals surface area contributed by atoms with Crippen molar-refractivity contribution >= 4 is 0 Å². The van der Waals surface area contributed by atoms with E-state index in [4.69, 9.17) is 9.47 Å². The van der Waals surface area contributed by atoms with Crippen molar-refractivity contribution < 1.29 is 9.47 Å². The standard InChI is InChI=1S/C9H13N3O2/c1-2-9(1)6-13-8(14-7-9)5-12-4-3-10-11-12/h3-4,8H,1-2,5-7H2. The van der Waals surface area contributed by atoms with Gasteiger partial charge in [-0.3, -0.25) is 0 Å². The molecule has 1 saturated carbocycles. The summed E-state index contributed by atoms with van der Waals surface area (Å²) in [6.45, 7) is 2.31. The van der Waals surface area contributed by atoms with Crippen LogP contribution in [0.15, 0.2) is 12.4 Å². The molecule has 3 rings (SSSR count). The van der Waals surface area contributed by atoms with Crippen LogP contribution in [0.4, 0.5) is 0 Å². The van der Waals surface area contributed by atoms with Gasteiger partial charge in [0.15, 0.2) is 6.29 Å². The summed E-state index contributed by atoms with van der Waals surface area (Å²) in [6, 6.07) is 0. The van der Waals surface area contributed by atoms with Crippen LogP contribution in [0.25, 0.3) is 0 Å². The van der Waals surface area contributed by atoms with Gasteiger partial charge >= 0.3 is 0 Å². The van der Waals surface area contributed by atoms with Gasteiger partial charge < -0.3 is 9.47 Å². The maximum atomic E-state index is 5.62. The third-order valence-corrected chi connectivity index (χ3v) is 2.92. The highest BCUT2D eigenvalue weighted by Gasteiger charge is 2.46. The van der Waals surface area contributed by atoms with Crippen molar-refractivity contribution in [3.63, 3.8) is 0 Å². The van der Waals surface area contributed by atoms with Crippen LogP contribution in [-0.2, 0) is 16.0 Å². The highest BCUT2D eigenvalue weighted by Crippen LogP contribution is 2.48. The van der Waals surface area contributed by atoms with Crippen LogP contribution in [-0.4, -0.2) is 34.5 Å². The molecule has 2 heterocycles. The van der Waals surface area contributed by atoms with Gasteiger partial charge in [-0.05, 0) is 12.8 Å². The minimum Gasteiger partial charge on any atom is -0.350 e. The number of ether oxygens (including phenoxy) is 2. The average molecular weight is 195 g/mol. The second-order valence-electron chi connectivity index (χ2n) is 4.18. The molecule has 5 nitrogen and oxygen atoms in total. The van der Waals surface area contributed by atoms with Crippen LogP contribution in [0.5, 0.6) is 0 Å². The molecule has 0 radical (unpaired) electrons. The monoisotopic (exact) mass is 195 g/mol. The Morgan fingerprint density at radius 3 is 2.71 bits per heavy atom. The number of hydrogen-bond acceptors (Lipinski definition) is 4. The second-order valence-corrected chi connectivity index (χ2v) is 4.18. The molecule has 76 valence electrons. The Bertz CT molecular complexity index is 298. The first-order valence-electron chi connectivity index (χ1n) is 4.94. The molecule has 1 aromatic heterocycles. The van der Waals surface area contributed by atoms with Crippen molar-refractivity contribution in [3.05, 3.63) is 12.4 Å². The first kappa shape index (κ1) is 8.38. The summed E-state index contributed by atoms with van der Waals surface area (Å²) < 4.78 is 13.0. The van der Waals surface area contributed by atoms with Gasteiger partial charge in [0.2, 0.25) is 0 Å². The molecule has 0 unspecified atom stereocenters. The minimum atomic E-state index is -0.150. The maximum absolute atomic E-state index is 5.62. The summed E-state index contributed by atoms with van der Waals surface area (Å²) in [4.78, 5) is 0. The lowest BCUT2D eigenvalue weighted by Gasteiger charge is -2.29. The van der Waals surface area contributed by atoms with Crippen LogP contribution in [0.2, 0.25) is 0 Å². The van der Waals surface area contributed by atoms with Gasteiger partial charge in [-0.2, -0.15) is 0 Å². The van der Waals surface area contributed by atoms with Crippen molar-refractivity contribution in [2.24, 2.45) is 5.41 Å². The molecule has 1 aromatic rings. The molecule has 0 aromatic carbocycles. The summed E-state index contributed by atoms with van der Waals surface area (Å²) in [6.07, 6.45) is 5.83. The van der Waals surface area contributed by atoms with E-state index in [0.29, 0.717) is 12.0 Å². The topological polar surface area (TPSA) is 49.2 Å². The predicted octanol–water partition coefficient (Wildman–Crippen LogP) is 0.431. The maximum Gasteiger partial charge on any atom is 0.177 e. The fraction of sp³-hybridized carbons (Fsp3) is 0.778. The van der Waals surface area contributed by atoms with Crippen LogP contribution >= 0.6 is 0 Å². The van der Waals surface area contributed by atoms with Crippen molar-refractivity contribution in [2.75, 3.05) is 13.2 Å². The summed E-state index contributed by atoms with van der Waals surface area (Å²) in [5.74, 6) is 0. The Balaban J connectivity index is 1.55. The fourth-order valence-corrected chi connectivity index (χ4v) is 1.68. The normalized spacial score (nSPS) is 25.4. The van der Waals surface area contributed by atoms with E-state index in [1.54, 1.807) is 10.9 Å². The van der Waals surface area contributed by atoms with E-state index in [2.05, 4.69) is 10.3 Å². The van der Waals surface area contributed by atoms with Gasteiger partial charge in [0.25, 0.3) is 0 Å². The van der Waals surface area contributed by atoms with Crippen molar-refractivity contribution in [3.8, 4) is 0 Å². The molecule has 0 amide bonds. The molecule has 1 spiro atoms. The van der Waals surface area contributed by atoms with Gasteiger partial charge in [0, 0.05) is 11.6 Å². The fourth-order valence-electron chi connectivity index (χ4n) is 1.68. The highest BCUT2D eigenvalue weighted by molar-refractivity contribution is 4.94. The largest absolute Gasteiger partial charge is 0.350 e. The molecule has 1 aliphatic heterocycles. The molecule has 0 atom stereocenters. The number of hydrogen-bond donors (Lipinski definition) is 0. The Labute approximate surface area is 82.0 Å². The predicted molar refractivity (Wildman–Crippen MR) is 47.4 cm³/mol. The molecular weight excluding hydrogens is 182 g/mol. The van der Waals surface area contributed by atoms with Crippen LogP contribution in [0.3, 0.4) is 0 Å². The zero-order valence-corrected chi connectivity index (χ0v) is 7.93. The van der Waals surface area contributed by atoms with E-state index in [9.17, 15) is 0 Å². The molecule has 14 heavy (non-hydrogen) atoms. The zero-order chi connectivity index (χ0) is 9.43. The Hall–Kier alpha value is -0.940. The van der Waals surface area contributed by atoms with Gasteiger partial charge in [0.1, 0.15) is 0 Å². The molecule has 1 aliphatic carbocycles. The molecule has 2 fully saturated rings. The van der Waals surface area contributed by atoms with E-state index >= 15 is 0 Å². The van der Waals surface area contributed by atoms with Crippen molar-refractivity contribution in [2.45, 2.75) is 25.7 Å². The molecule has 0 N–H and O–H groups in total. The minimum absolute atomic E-state index is 0.150. The van der Waals surface area contributed by atoms with Crippen molar-refractivity contribution in [1.29, 1.82) is 0 Å². The van der Waals surface area contributed by atoms with Gasteiger partial charge in [-0.1, -0.05) is 5.21 Å². The number of nitrogens with zero attached hydrogens (tertiary/aromatic N) is 3. The Kier molecular flexibility index (Phi) is 1.81. The zero-order valence-electron chi connectivity index (χ0n) is 7.93. The smallest absolute Gasteiger partial charge is 0.177 e. The summed E-state index contributed by atoms with van der Waals surface area (Å²) >= 11 is 0. The molecular formula is C9H13N3O2. The summed E-state index contributed by atoms with van der Waals surface area (Å²) in [7, 11) is 0. The van der Waals surface area contributed by atoms with Crippen LogP contribution in [0, 0.1) is 5.41 Å². The second kappa shape index (κ2) is 3.03. The van der Waals surface area contributed by atoms with E-state index in [1.165, 1.54) is 12.8 Å². The van der Waals surface area contributed by atoms with Crippen molar-refractivity contribution in [1.82, 2.24) is 15.0 Å². The van der Waals surface area contributed by atoms with E-state index in [-0.39, 0.29) is 6.29 Å². The third-order valence-electron chi connectivity index (χ3n) is 2.92. The van der Waals surface area contributed by atoms with Crippen LogP contribution in [0.1, 0.15) is 12.8 Å². The lowest BCUT2D eigenvalue weighted by atomic mass is 10.1. The third kappa shape index (κ3) is 1.53. The average Bonchev–Trinajstić information content (AvgIpc) is 2.77. The molecule has 2 aliphatic rings. The first-order chi connectivity index (χ1) is 6.86. The Morgan fingerprint density at radius 2 is 2.14 bits per heavy atom. The van der Waals surface area contributed by atoms with Gasteiger partial charge in [0.05, 0.1) is 26.0 Å². The SMILES string of the molecule is c1cn(CC2OCC3(CC3)CO2)nn1. The molecule has 5 heteroatoms. The number of aromatic nitrogens is 3. The molecule has 1 saturated heterocycles. The van der Waals surface area contributed by atoms with Gasteiger partial charge in [-0.15, -0.1) is 5.10 Å². The Morgan fingerprint density at radius 1 is 1.36 bits per heavy atom. The van der Waals surface area contributed by atoms with E-state index < -0.39 is 0 Å². The lowest BCUT2D eigenvalue weighted by Crippen LogP contribution is -2.36. The first-order valence-corrected chi connectivity index (χ1v) is 4.94. The van der Waals surface area contributed by atoms with Crippen LogP contribution < -0.4 is 0 Å². The number of rotatable bonds is 2. The molecule has 0 bridgehead atoms. The summed E-state index contributed by atoms with van der Waals surface area (Å²) in [5, 5.41) is 7.60. The van der Waals surface area contributed by atoms with E-state index in [0.717, 1.165) is 13.2 Å². The highest BCUT2D eigenvalue weighted by atomic mass is 16.7. The van der Waals surface area contributed by atoms with E-state index in [1.807, 2.05) is 6.20 Å². The lowest BCUT2D eigenvalue weighted by molar-refractivity contribution is -0.213. The van der Waals surface area contributed by atoms with Gasteiger partial charge in [-0.25, -0.2) is 4.68 Å². The quantitative estimate of drug-likeness (QED) is 0.686. The summed E-state index contributed by atoms with van der Waals surface area (Å²) in [5.41, 5.74) is 0.374.